The smallest absolute Gasteiger partial charge is 0.234 e. The second-order valence-corrected chi connectivity index (χ2v) is 2.97. The molecule has 0 bridgehead atoms. The molecule has 2 N–H and O–H groups in total. The third-order valence-electron chi connectivity index (χ3n) is 1.22. The molecule has 0 aliphatic rings. The summed E-state index contributed by atoms with van der Waals surface area (Å²) < 4.78 is 3.55. The molecule has 13 heavy (non-hydrogen) atoms. The van der Waals surface area contributed by atoms with E-state index in [1.54, 1.807) is 0 Å². The number of aromatic nitrogens is 2. The van der Waals surface area contributed by atoms with E-state index in [9.17, 15) is 9.59 Å². The average Bonchev–Trinajstić information content (AvgIpc) is 2.56. The minimum atomic E-state index is -0.370. The second kappa shape index (κ2) is 4.51. The number of hydrogen-bond acceptors (Lipinski definition) is 5. The van der Waals surface area contributed by atoms with Gasteiger partial charge in [-0.1, -0.05) is 4.49 Å². The zero-order chi connectivity index (χ0) is 9.68. The average molecular weight is 200 g/mol. The number of anilines is 1. The monoisotopic (exact) mass is 200 g/mol. The maximum absolute atomic E-state index is 11.1. The summed E-state index contributed by atoms with van der Waals surface area (Å²) in [7, 11) is 1.48. The summed E-state index contributed by atoms with van der Waals surface area (Å²) in [5.74, 6) is -0.694. The zero-order valence-electron chi connectivity index (χ0n) is 6.90. The zero-order valence-corrected chi connectivity index (χ0v) is 7.72. The van der Waals surface area contributed by atoms with E-state index in [1.807, 2.05) is 0 Å². The van der Waals surface area contributed by atoms with Crippen LogP contribution >= 0.6 is 11.5 Å². The molecular weight excluding hydrogens is 192 g/mol. The lowest BCUT2D eigenvalue weighted by atomic mass is 10.4. The van der Waals surface area contributed by atoms with Gasteiger partial charge in [0.2, 0.25) is 11.8 Å². The van der Waals surface area contributed by atoms with Gasteiger partial charge in [0.1, 0.15) is 11.4 Å². The standard InChI is InChI=1S/C6H8N4O2S/c1-7-4(11)2-5(12)9-6-3-8-10-13-6/h3H,2H2,1H3,(H,7,11)(H,9,12). The van der Waals surface area contributed by atoms with E-state index in [0.717, 1.165) is 11.5 Å². The van der Waals surface area contributed by atoms with Crippen molar-refractivity contribution >= 4 is 28.3 Å². The molecule has 0 radical (unpaired) electrons. The topological polar surface area (TPSA) is 84.0 Å². The number of rotatable bonds is 3. The van der Waals surface area contributed by atoms with Gasteiger partial charge in [0.05, 0.1) is 6.20 Å². The first-order valence-corrected chi connectivity index (χ1v) is 4.27. The van der Waals surface area contributed by atoms with Crippen molar-refractivity contribution in [3.63, 3.8) is 0 Å². The molecule has 0 spiro atoms. The Morgan fingerprint density at radius 2 is 2.31 bits per heavy atom. The van der Waals surface area contributed by atoms with Crippen molar-refractivity contribution in [1.82, 2.24) is 14.9 Å². The summed E-state index contributed by atoms with van der Waals surface area (Å²) in [5.41, 5.74) is 0. The number of hydrogen-bond donors (Lipinski definition) is 2. The molecular formula is C6H8N4O2S. The largest absolute Gasteiger partial charge is 0.359 e. The Bertz CT molecular complexity index is 298. The Balaban J connectivity index is 2.38. The fraction of sp³-hybridized carbons (Fsp3) is 0.333. The molecule has 1 rings (SSSR count). The molecule has 2 amide bonds. The van der Waals surface area contributed by atoms with E-state index in [4.69, 9.17) is 0 Å². The lowest BCUT2D eigenvalue weighted by Gasteiger charge is -1.99. The number of nitrogens with one attached hydrogen (secondary N) is 2. The first-order chi connectivity index (χ1) is 6.22. The summed E-state index contributed by atoms with van der Waals surface area (Å²) in [6, 6.07) is 0. The van der Waals surface area contributed by atoms with Crippen LogP contribution in [-0.4, -0.2) is 28.4 Å². The third kappa shape index (κ3) is 3.16. The Hall–Kier alpha value is -1.50. The fourth-order valence-corrected chi connectivity index (χ4v) is 1.07. The molecule has 0 saturated heterocycles. The normalized spacial score (nSPS) is 9.31. The maximum Gasteiger partial charge on any atom is 0.234 e. The van der Waals surface area contributed by atoms with Crippen LogP contribution in [0.3, 0.4) is 0 Å². The van der Waals surface area contributed by atoms with Gasteiger partial charge in [-0.15, -0.1) is 5.10 Å². The van der Waals surface area contributed by atoms with Crippen LogP contribution in [0.5, 0.6) is 0 Å². The lowest BCUT2D eigenvalue weighted by molar-refractivity contribution is -0.126. The van der Waals surface area contributed by atoms with E-state index < -0.39 is 0 Å². The van der Waals surface area contributed by atoms with Crippen LogP contribution in [0.25, 0.3) is 0 Å². The summed E-state index contributed by atoms with van der Waals surface area (Å²) in [4.78, 5) is 21.8. The van der Waals surface area contributed by atoms with Crippen LogP contribution in [0.15, 0.2) is 6.20 Å². The van der Waals surface area contributed by atoms with Gasteiger partial charge < -0.3 is 10.6 Å². The van der Waals surface area contributed by atoms with E-state index in [-0.39, 0.29) is 18.2 Å². The minimum Gasteiger partial charge on any atom is -0.359 e. The molecule has 1 aromatic heterocycles. The van der Waals surface area contributed by atoms with Gasteiger partial charge in [0.25, 0.3) is 0 Å². The Morgan fingerprint density at radius 3 is 2.85 bits per heavy atom. The van der Waals surface area contributed by atoms with E-state index in [2.05, 4.69) is 20.2 Å². The van der Waals surface area contributed by atoms with Gasteiger partial charge in [0, 0.05) is 18.6 Å². The summed E-state index contributed by atoms with van der Waals surface area (Å²) >= 11 is 1.06. The van der Waals surface area contributed by atoms with Crippen LogP contribution in [0, 0.1) is 0 Å². The lowest BCUT2D eigenvalue weighted by Crippen LogP contribution is -2.24. The second-order valence-electron chi connectivity index (χ2n) is 2.18. The highest BCUT2D eigenvalue weighted by Crippen LogP contribution is 2.08. The SMILES string of the molecule is CNC(=O)CC(=O)Nc1cnns1. The van der Waals surface area contributed by atoms with Gasteiger partial charge in [0.15, 0.2) is 0 Å². The van der Waals surface area contributed by atoms with Crippen LogP contribution in [0.2, 0.25) is 0 Å². The first kappa shape index (κ1) is 9.59. The molecule has 0 unspecified atom stereocenters. The van der Waals surface area contributed by atoms with Crippen molar-refractivity contribution in [3.05, 3.63) is 6.20 Å². The number of carbonyl (C=O) groups is 2. The molecule has 0 aliphatic heterocycles. The molecule has 0 fully saturated rings. The van der Waals surface area contributed by atoms with Crippen molar-refractivity contribution in [2.24, 2.45) is 0 Å². The van der Waals surface area contributed by atoms with Crippen molar-refractivity contribution in [2.75, 3.05) is 12.4 Å². The van der Waals surface area contributed by atoms with Crippen LogP contribution in [-0.2, 0) is 9.59 Å². The highest BCUT2D eigenvalue weighted by atomic mass is 32.1. The predicted molar refractivity (Wildman–Crippen MR) is 47.2 cm³/mol. The van der Waals surface area contributed by atoms with Crippen molar-refractivity contribution in [2.45, 2.75) is 6.42 Å². The highest BCUT2D eigenvalue weighted by molar-refractivity contribution is 7.10. The van der Waals surface area contributed by atoms with E-state index >= 15 is 0 Å². The van der Waals surface area contributed by atoms with Crippen LogP contribution in [0.4, 0.5) is 5.00 Å². The molecule has 7 heteroatoms. The number of carbonyl (C=O) groups excluding carboxylic acids is 2. The van der Waals surface area contributed by atoms with Crippen LogP contribution < -0.4 is 10.6 Å². The van der Waals surface area contributed by atoms with Crippen LogP contribution in [0.1, 0.15) is 6.42 Å². The van der Waals surface area contributed by atoms with E-state index in [1.165, 1.54) is 13.2 Å². The van der Waals surface area contributed by atoms with Gasteiger partial charge in [-0.05, 0) is 0 Å². The van der Waals surface area contributed by atoms with Gasteiger partial charge in [-0.25, -0.2) is 0 Å². The molecule has 1 aromatic rings. The van der Waals surface area contributed by atoms with Gasteiger partial charge >= 0.3 is 0 Å². The van der Waals surface area contributed by atoms with Gasteiger partial charge in [-0.2, -0.15) is 0 Å². The number of amides is 2. The highest BCUT2D eigenvalue weighted by Gasteiger charge is 2.08. The maximum atomic E-state index is 11.1. The van der Waals surface area contributed by atoms with Gasteiger partial charge in [-0.3, -0.25) is 9.59 Å². The molecule has 6 nitrogen and oxygen atoms in total. The van der Waals surface area contributed by atoms with Crippen molar-refractivity contribution in [3.8, 4) is 0 Å². The fourth-order valence-electron chi connectivity index (χ4n) is 0.638. The van der Waals surface area contributed by atoms with Crippen molar-refractivity contribution < 1.29 is 9.59 Å². The molecule has 0 atom stereocenters. The molecule has 1 heterocycles. The van der Waals surface area contributed by atoms with Crippen molar-refractivity contribution in [1.29, 1.82) is 0 Å². The Kier molecular flexibility index (Phi) is 3.32. The van der Waals surface area contributed by atoms with E-state index in [0.29, 0.717) is 5.00 Å². The minimum absolute atomic E-state index is 0.186. The summed E-state index contributed by atoms with van der Waals surface area (Å²) in [6.45, 7) is 0. The first-order valence-electron chi connectivity index (χ1n) is 3.50. The number of nitrogens with zero attached hydrogens (tertiary/aromatic N) is 2. The third-order valence-corrected chi connectivity index (χ3v) is 1.80. The Labute approximate surface area is 78.5 Å². The molecule has 0 saturated carbocycles. The summed E-state index contributed by atoms with van der Waals surface area (Å²) in [6.07, 6.45) is 1.24. The Morgan fingerprint density at radius 1 is 1.54 bits per heavy atom. The summed E-state index contributed by atoms with van der Waals surface area (Å²) in [5, 5.41) is 8.89. The molecule has 0 aliphatic carbocycles. The predicted octanol–water partition coefficient (Wildman–Crippen LogP) is -0.387. The quantitative estimate of drug-likeness (QED) is 0.651. The molecule has 70 valence electrons. The molecule has 0 aromatic carbocycles.